The summed E-state index contributed by atoms with van der Waals surface area (Å²) in [7, 11) is 5.13. The first kappa shape index (κ1) is 13.7. The van der Waals surface area contributed by atoms with Gasteiger partial charge in [0.05, 0.1) is 35.6 Å². The van der Waals surface area contributed by atoms with Crippen LogP contribution in [0.2, 0.25) is 0 Å². The highest BCUT2D eigenvalue weighted by Gasteiger charge is 2.20. The third kappa shape index (κ3) is 2.19. The van der Waals surface area contributed by atoms with Crippen molar-refractivity contribution in [1.82, 2.24) is 4.57 Å². The first-order chi connectivity index (χ1) is 10.2. The number of benzene rings is 1. The number of methoxy groups -OCH3 is 2. The predicted molar refractivity (Wildman–Crippen MR) is 83.8 cm³/mol. The molecule has 3 rings (SSSR count). The Morgan fingerprint density at radius 1 is 1.24 bits per heavy atom. The fraction of sp³-hybridized carbons (Fsp3) is 0.188. The predicted octanol–water partition coefficient (Wildman–Crippen LogP) is 3.49. The third-order valence-electron chi connectivity index (χ3n) is 3.48. The number of rotatable bonds is 4. The Balaban J connectivity index is 2.18. The minimum atomic E-state index is -0.0154. The van der Waals surface area contributed by atoms with Crippen LogP contribution in [0.3, 0.4) is 0 Å². The molecule has 0 saturated carbocycles. The van der Waals surface area contributed by atoms with E-state index in [0.717, 1.165) is 10.9 Å². The van der Waals surface area contributed by atoms with E-state index in [4.69, 9.17) is 9.47 Å². The molecular formula is C16H15NO3S. The lowest BCUT2D eigenvalue weighted by molar-refractivity contribution is 0.104. The number of hydrogen-bond acceptors (Lipinski definition) is 4. The molecule has 108 valence electrons. The average Bonchev–Trinajstić information content (AvgIpc) is 3.11. The summed E-state index contributed by atoms with van der Waals surface area (Å²) in [6.45, 7) is 0. The largest absolute Gasteiger partial charge is 0.496 e. The molecule has 3 aromatic rings. The highest BCUT2D eigenvalue weighted by molar-refractivity contribution is 7.12. The van der Waals surface area contributed by atoms with Gasteiger partial charge in [0.25, 0.3) is 0 Å². The molecule has 2 aromatic heterocycles. The quantitative estimate of drug-likeness (QED) is 0.693. The molecular weight excluding hydrogens is 286 g/mol. The first-order valence-corrected chi connectivity index (χ1v) is 7.33. The fourth-order valence-electron chi connectivity index (χ4n) is 2.43. The Morgan fingerprint density at radius 3 is 2.71 bits per heavy atom. The minimum Gasteiger partial charge on any atom is -0.496 e. The van der Waals surface area contributed by atoms with Gasteiger partial charge in [-0.3, -0.25) is 4.79 Å². The van der Waals surface area contributed by atoms with Crippen molar-refractivity contribution in [1.29, 1.82) is 0 Å². The SMILES string of the molecule is COc1csc(C(=O)c2cn(C)c3cccc(OC)c23)c1. The van der Waals surface area contributed by atoms with Gasteiger partial charge >= 0.3 is 0 Å². The van der Waals surface area contributed by atoms with Crippen molar-refractivity contribution in [2.75, 3.05) is 14.2 Å². The summed E-state index contributed by atoms with van der Waals surface area (Å²) in [6, 6.07) is 7.53. The molecule has 0 amide bonds. The molecule has 0 fully saturated rings. The lowest BCUT2D eigenvalue weighted by atomic mass is 10.1. The molecule has 4 nitrogen and oxygen atoms in total. The van der Waals surface area contributed by atoms with E-state index in [2.05, 4.69) is 0 Å². The molecule has 0 saturated heterocycles. The fourth-order valence-corrected chi connectivity index (χ4v) is 3.24. The van der Waals surface area contributed by atoms with E-state index in [9.17, 15) is 4.79 Å². The molecule has 0 aliphatic heterocycles. The van der Waals surface area contributed by atoms with Gasteiger partial charge in [0, 0.05) is 24.7 Å². The maximum Gasteiger partial charge on any atom is 0.205 e. The van der Waals surface area contributed by atoms with E-state index >= 15 is 0 Å². The highest BCUT2D eigenvalue weighted by Crippen LogP contribution is 2.33. The van der Waals surface area contributed by atoms with Crippen molar-refractivity contribution in [2.45, 2.75) is 0 Å². The van der Waals surface area contributed by atoms with Crippen molar-refractivity contribution < 1.29 is 14.3 Å². The normalized spacial score (nSPS) is 10.8. The van der Waals surface area contributed by atoms with Crippen molar-refractivity contribution in [3.8, 4) is 11.5 Å². The summed E-state index contributed by atoms with van der Waals surface area (Å²) < 4.78 is 12.5. The maximum atomic E-state index is 12.8. The van der Waals surface area contributed by atoms with Gasteiger partial charge in [0.2, 0.25) is 5.78 Å². The monoisotopic (exact) mass is 301 g/mol. The minimum absolute atomic E-state index is 0.0154. The second-order valence-corrected chi connectivity index (χ2v) is 5.60. The number of hydrogen-bond donors (Lipinski definition) is 0. The van der Waals surface area contributed by atoms with Crippen LogP contribution in [0, 0.1) is 0 Å². The number of carbonyl (C=O) groups is 1. The Bertz CT molecular complexity index is 816. The molecule has 21 heavy (non-hydrogen) atoms. The zero-order valence-electron chi connectivity index (χ0n) is 12.0. The zero-order valence-corrected chi connectivity index (χ0v) is 12.9. The number of aryl methyl sites for hydroxylation is 1. The van der Waals surface area contributed by atoms with E-state index in [1.54, 1.807) is 20.3 Å². The number of nitrogens with zero attached hydrogens (tertiary/aromatic N) is 1. The van der Waals surface area contributed by atoms with Gasteiger partial charge in [-0.2, -0.15) is 0 Å². The molecule has 0 radical (unpaired) electrons. The van der Waals surface area contributed by atoms with Crippen LogP contribution < -0.4 is 9.47 Å². The molecule has 0 aliphatic carbocycles. The highest BCUT2D eigenvalue weighted by atomic mass is 32.1. The topological polar surface area (TPSA) is 40.5 Å². The summed E-state index contributed by atoms with van der Waals surface area (Å²) in [6.07, 6.45) is 1.85. The Morgan fingerprint density at radius 2 is 2.05 bits per heavy atom. The summed E-state index contributed by atoms with van der Waals surface area (Å²) in [5.41, 5.74) is 1.62. The molecule has 0 aliphatic rings. The van der Waals surface area contributed by atoms with Crippen molar-refractivity contribution in [3.05, 3.63) is 46.3 Å². The summed E-state index contributed by atoms with van der Waals surface area (Å²) in [5.74, 6) is 1.40. The second-order valence-electron chi connectivity index (χ2n) is 4.69. The van der Waals surface area contributed by atoms with Gasteiger partial charge in [0.15, 0.2) is 0 Å². The Hall–Kier alpha value is -2.27. The molecule has 0 bridgehead atoms. The lowest BCUT2D eigenvalue weighted by Crippen LogP contribution is -1.98. The number of carbonyl (C=O) groups excluding carboxylic acids is 1. The van der Waals surface area contributed by atoms with Gasteiger partial charge in [0.1, 0.15) is 11.5 Å². The molecule has 1 aromatic carbocycles. The van der Waals surface area contributed by atoms with Crippen LogP contribution in [0.4, 0.5) is 0 Å². The van der Waals surface area contributed by atoms with Crippen molar-refractivity contribution in [2.24, 2.45) is 7.05 Å². The zero-order chi connectivity index (χ0) is 15.0. The van der Waals surface area contributed by atoms with Crippen LogP contribution in [-0.4, -0.2) is 24.6 Å². The van der Waals surface area contributed by atoms with Gasteiger partial charge in [-0.25, -0.2) is 0 Å². The van der Waals surface area contributed by atoms with Gasteiger partial charge in [-0.15, -0.1) is 11.3 Å². The van der Waals surface area contributed by atoms with Gasteiger partial charge in [-0.05, 0) is 12.1 Å². The Kier molecular flexibility index (Phi) is 3.43. The molecule has 0 N–H and O–H groups in total. The summed E-state index contributed by atoms with van der Waals surface area (Å²) in [4.78, 5) is 13.4. The standard InChI is InChI=1S/C16H15NO3S/c1-17-8-11(15-12(17)5-4-6-13(15)20-3)16(18)14-7-10(19-2)9-21-14/h4-9H,1-3H3. The van der Waals surface area contributed by atoms with Gasteiger partial charge < -0.3 is 14.0 Å². The summed E-state index contributed by atoms with van der Waals surface area (Å²) >= 11 is 1.38. The Labute approximate surface area is 126 Å². The maximum absolute atomic E-state index is 12.8. The average molecular weight is 301 g/mol. The van der Waals surface area contributed by atoms with Crippen LogP contribution >= 0.6 is 11.3 Å². The molecule has 0 atom stereocenters. The van der Waals surface area contributed by atoms with Crippen molar-refractivity contribution >= 4 is 28.0 Å². The van der Waals surface area contributed by atoms with Crippen LogP contribution in [0.5, 0.6) is 11.5 Å². The molecule has 0 spiro atoms. The van der Waals surface area contributed by atoms with Gasteiger partial charge in [-0.1, -0.05) is 6.07 Å². The third-order valence-corrected chi connectivity index (χ3v) is 4.38. The van der Waals surface area contributed by atoms with Crippen molar-refractivity contribution in [3.63, 3.8) is 0 Å². The number of thiophene rings is 1. The molecule has 0 unspecified atom stereocenters. The first-order valence-electron chi connectivity index (χ1n) is 6.45. The smallest absolute Gasteiger partial charge is 0.205 e. The van der Waals surface area contributed by atoms with E-state index < -0.39 is 0 Å². The summed E-state index contributed by atoms with van der Waals surface area (Å²) in [5, 5.41) is 2.68. The van der Waals surface area contributed by atoms with E-state index in [-0.39, 0.29) is 5.78 Å². The van der Waals surface area contributed by atoms with Crippen LogP contribution in [0.25, 0.3) is 10.9 Å². The number of ketones is 1. The molecule has 5 heteroatoms. The lowest BCUT2D eigenvalue weighted by Gasteiger charge is -2.04. The number of aromatic nitrogens is 1. The van der Waals surface area contributed by atoms with E-state index in [1.165, 1.54) is 11.3 Å². The number of fused-ring (bicyclic) bond motifs is 1. The second kappa shape index (κ2) is 5.26. The van der Waals surface area contributed by atoms with Crippen LogP contribution in [0.1, 0.15) is 15.2 Å². The van der Waals surface area contributed by atoms with E-state index in [0.29, 0.717) is 21.9 Å². The number of ether oxygens (including phenoxy) is 2. The van der Waals surface area contributed by atoms with E-state index in [1.807, 2.05) is 41.4 Å². The van der Waals surface area contributed by atoms with Crippen LogP contribution in [-0.2, 0) is 7.05 Å². The van der Waals surface area contributed by atoms with Crippen LogP contribution in [0.15, 0.2) is 35.8 Å². The molecule has 2 heterocycles.